The molecule has 7 heavy (non-hydrogen) atoms. The van der Waals surface area contributed by atoms with Gasteiger partial charge in [0.05, 0.1) is 0 Å². The number of carbonyl (C=O) groups is 1. The van der Waals surface area contributed by atoms with Crippen LogP contribution in [0.4, 0.5) is 0 Å². The summed E-state index contributed by atoms with van der Waals surface area (Å²) in [6, 6.07) is 0. The van der Waals surface area contributed by atoms with E-state index in [2.05, 4.69) is 0 Å². The number of hydrogen-bond donors (Lipinski definition) is 0. The molecule has 0 aliphatic rings. The van der Waals surface area contributed by atoms with Crippen molar-refractivity contribution in [3.05, 3.63) is 0 Å². The van der Waals surface area contributed by atoms with E-state index in [1.54, 1.807) is 6.92 Å². The Hall–Kier alpha value is 0.0200. The fraction of sp³-hybridized carbons (Fsp3) is 0.800. The van der Waals surface area contributed by atoms with Gasteiger partial charge in [-0.05, 0) is 6.92 Å². The molecule has 44 valence electrons. The van der Waals surface area contributed by atoms with Crippen molar-refractivity contribution in [2.45, 2.75) is 20.8 Å². The molecule has 0 fully saturated rings. The largest absolute Gasteiger partial charge is 0.300 e. The predicted octanol–water partition coefficient (Wildman–Crippen LogP) is 1.34. The van der Waals surface area contributed by atoms with Crippen LogP contribution in [0.15, 0.2) is 0 Å². The topological polar surface area (TPSA) is 17.1 Å². The van der Waals surface area contributed by atoms with Gasteiger partial charge in [-0.25, -0.2) is 0 Å². The van der Waals surface area contributed by atoms with Crippen LogP contribution in [0, 0.1) is 5.92 Å². The van der Waals surface area contributed by atoms with Crippen LogP contribution in [-0.4, -0.2) is 5.78 Å². The van der Waals surface area contributed by atoms with E-state index in [0.717, 1.165) is 0 Å². The zero-order chi connectivity index (χ0) is 5.15. The summed E-state index contributed by atoms with van der Waals surface area (Å²) in [5.74, 6) is 0.472. The molecule has 1 nitrogen and oxygen atoms in total. The van der Waals surface area contributed by atoms with E-state index in [4.69, 9.17) is 0 Å². The summed E-state index contributed by atoms with van der Waals surface area (Å²) in [6.45, 7) is 5.38. The van der Waals surface area contributed by atoms with Crippen LogP contribution in [0.2, 0.25) is 0 Å². The second-order valence-electron chi connectivity index (χ2n) is 1.77. The van der Waals surface area contributed by atoms with Crippen LogP contribution >= 0.6 is 13.5 Å². The van der Waals surface area contributed by atoms with Crippen molar-refractivity contribution in [1.29, 1.82) is 0 Å². The molecule has 0 N–H and O–H groups in total. The Morgan fingerprint density at radius 3 is 1.57 bits per heavy atom. The molecule has 0 aliphatic heterocycles. The molecule has 0 unspecified atom stereocenters. The van der Waals surface area contributed by atoms with Crippen molar-refractivity contribution >= 4 is 19.3 Å². The first-order valence-corrected chi connectivity index (χ1v) is 2.15. The van der Waals surface area contributed by atoms with Gasteiger partial charge in [-0.1, -0.05) is 13.8 Å². The van der Waals surface area contributed by atoms with Gasteiger partial charge in [-0.3, -0.25) is 4.79 Å². The fourth-order valence-corrected chi connectivity index (χ4v) is 0. The minimum absolute atomic E-state index is 0. The summed E-state index contributed by atoms with van der Waals surface area (Å²) < 4.78 is 0. The van der Waals surface area contributed by atoms with E-state index in [1.165, 1.54) is 0 Å². The highest BCUT2D eigenvalue weighted by Crippen LogP contribution is 1.89. The molecule has 0 aliphatic carbocycles. The highest BCUT2D eigenvalue weighted by molar-refractivity contribution is 7.59. The van der Waals surface area contributed by atoms with E-state index in [-0.39, 0.29) is 25.2 Å². The van der Waals surface area contributed by atoms with E-state index < -0.39 is 0 Å². The first-order chi connectivity index (χ1) is 2.64. The van der Waals surface area contributed by atoms with Gasteiger partial charge in [-0.2, -0.15) is 13.5 Å². The molecule has 0 aromatic heterocycles. The standard InChI is InChI=1S/C5H10O.H2S/c1-4(2)5(3)6;/h4H,1-3H3;1H2. The number of ketones is 1. The third-order valence-corrected chi connectivity index (χ3v) is 0.813. The van der Waals surface area contributed by atoms with Crippen molar-refractivity contribution in [2.24, 2.45) is 5.92 Å². The van der Waals surface area contributed by atoms with Gasteiger partial charge in [-0.15, -0.1) is 0 Å². The van der Waals surface area contributed by atoms with Gasteiger partial charge in [0.15, 0.2) is 0 Å². The van der Waals surface area contributed by atoms with Crippen LogP contribution in [0.5, 0.6) is 0 Å². The van der Waals surface area contributed by atoms with Gasteiger partial charge < -0.3 is 0 Å². The highest BCUT2D eigenvalue weighted by Gasteiger charge is 1.94. The quantitative estimate of drug-likeness (QED) is 0.510. The van der Waals surface area contributed by atoms with E-state index in [9.17, 15) is 4.79 Å². The molecule has 0 radical (unpaired) electrons. The number of hydrogen-bond acceptors (Lipinski definition) is 1. The van der Waals surface area contributed by atoms with Gasteiger partial charge in [0, 0.05) is 5.92 Å². The highest BCUT2D eigenvalue weighted by atomic mass is 32.1. The molecule has 0 heterocycles. The van der Waals surface area contributed by atoms with Crippen LogP contribution < -0.4 is 0 Å². The number of carbonyl (C=O) groups excluding carboxylic acids is 1. The zero-order valence-corrected chi connectivity index (χ0v) is 5.99. The molecule has 0 aromatic carbocycles. The zero-order valence-electron chi connectivity index (χ0n) is 4.99. The van der Waals surface area contributed by atoms with Gasteiger partial charge >= 0.3 is 0 Å². The fourth-order valence-electron chi connectivity index (χ4n) is 0. The van der Waals surface area contributed by atoms with Gasteiger partial charge in [0.1, 0.15) is 5.78 Å². The molecule has 0 bridgehead atoms. The third kappa shape index (κ3) is 6.02. The molecule has 0 spiro atoms. The second kappa shape index (κ2) is 4.19. The summed E-state index contributed by atoms with van der Waals surface area (Å²) in [7, 11) is 0. The lowest BCUT2D eigenvalue weighted by Crippen LogP contribution is -1.98. The normalized spacial score (nSPS) is 8.00. The second-order valence-corrected chi connectivity index (χ2v) is 1.77. The maximum absolute atomic E-state index is 10.1. The monoisotopic (exact) mass is 120 g/mol. The van der Waals surface area contributed by atoms with Crippen LogP contribution in [0.1, 0.15) is 20.8 Å². The third-order valence-electron chi connectivity index (χ3n) is 0.813. The number of rotatable bonds is 1. The summed E-state index contributed by atoms with van der Waals surface area (Å²) >= 11 is 0. The first kappa shape index (κ1) is 10.1. The van der Waals surface area contributed by atoms with E-state index in [1.807, 2.05) is 13.8 Å². The Morgan fingerprint density at radius 2 is 1.57 bits per heavy atom. The van der Waals surface area contributed by atoms with Gasteiger partial charge in [0.25, 0.3) is 0 Å². The molecule has 0 saturated carbocycles. The average molecular weight is 120 g/mol. The molecule has 0 amide bonds. The minimum atomic E-state index is 0. The molecule has 0 atom stereocenters. The van der Waals surface area contributed by atoms with E-state index in [0.29, 0.717) is 0 Å². The molecular formula is C5H12OS. The number of Topliss-reactive ketones (excluding diaryl/α,β-unsaturated/α-hetero) is 1. The summed E-state index contributed by atoms with van der Waals surface area (Å²) in [5, 5.41) is 0. The lowest BCUT2D eigenvalue weighted by Gasteiger charge is -1.90. The Labute approximate surface area is 51.6 Å². The molecule has 0 saturated heterocycles. The van der Waals surface area contributed by atoms with E-state index >= 15 is 0 Å². The molecular weight excluding hydrogens is 108 g/mol. The minimum Gasteiger partial charge on any atom is -0.300 e. The van der Waals surface area contributed by atoms with Crippen LogP contribution in [0.3, 0.4) is 0 Å². The van der Waals surface area contributed by atoms with Crippen molar-refractivity contribution in [3.8, 4) is 0 Å². The Bertz CT molecular complexity index is 59.1. The molecule has 0 aromatic rings. The average Bonchev–Trinajstić information content (AvgIpc) is 1.36. The Morgan fingerprint density at radius 1 is 1.43 bits per heavy atom. The Kier molecular flexibility index (Phi) is 6.04. The first-order valence-electron chi connectivity index (χ1n) is 2.15. The van der Waals surface area contributed by atoms with Crippen molar-refractivity contribution < 1.29 is 4.79 Å². The summed E-state index contributed by atoms with van der Waals surface area (Å²) in [5.41, 5.74) is 0. The molecule has 2 heteroatoms. The lowest BCUT2D eigenvalue weighted by atomic mass is 10.1. The molecule has 0 rings (SSSR count). The SMILES string of the molecule is CC(=O)C(C)C.S. The summed E-state index contributed by atoms with van der Waals surface area (Å²) in [4.78, 5) is 10.1. The summed E-state index contributed by atoms with van der Waals surface area (Å²) in [6.07, 6.45) is 0. The maximum Gasteiger partial charge on any atom is 0.132 e. The van der Waals surface area contributed by atoms with Crippen molar-refractivity contribution in [1.82, 2.24) is 0 Å². The smallest absolute Gasteiger partial charge is 0.132 e. The van der Waals surface area contributed by atoms with Crippen molar-refractivity contribution in [2.75, 3.05) is 0 Å². The van der Waals surface area contributed by atoms with Crippen LogP contribution in [0.25, 0.3) is 0 Å². The Balaban J connectivity index is 0. The van der Waals surface area contributed by atoms with Gasteiger partial charge in [0.2, 0.25) is 0 Å². The van der Waals surface area contributed by atoms with Crippen molar-refractivity contribution in [3.63, 3.8) is 0 Å². The van der Waals surface area contributed by atoms with Crippen LogP contribution in [-0.2, 0) is 4.79 Å². The lowest BCUT2D eigenvalue weighted by molar-refractivity contribution is -0.119. The predicted molar refractivity (Wildman–Crippen MR) is 35.9 cm³/mol. The maximum atomic E-state index is 10.1.